The predicted molar refractivity (Wildman–Crippen MR) is 205 cm³/mol. The molecule has 8 rings (SSSR count). The molecule has 54 heavy (non-hydrogen) atoms. The molecule has 5 fully saturated rings. The van der Waals surface area contributed by atoms with E-state index < -0.39 is 51.2 Å². The highest BCUT2D eigenvalue weighted by Crippen LogP contribution is 2.78. The first-order valence-corrected chi connectivity index (χ1v) is 21.1. The Morgan fingerprint density at radius 1 is 1.02 bits per heavy atom. The molecule has 1 aromatic carbocycles. The van der Waals surface area contributed by atoms with Gasteiger partial charge in [-0.3, -0.25) is 10.2 Å². The normalized spacial score (nSPS) is 43.5. The zero-order chi connectivity index (χ0) is 38.2. The van der Waals surface area contributed by atoms with E-state index in [1.807, 2.05) is 25.1 Å². The lowest BCUT2D eigenvalue weighted by atomic mass is 9.30. The highest BCUT2D eigenvalue weighted by Gasteiger charge is 2.85. The van der Waals surface area contributed by atoms with E-state index in [-0.39, 0.29) is 42.8 Å². The summed E-state index contributed by atoms with van der Waals surface area (Å²) in [6, 6.07) is 10.7. The fourth-order valence-electron chi connectivity index (χ4n) is 14.1. The maximum atomic E-state index is 14.0. The predicted octanol–water partition coefficient (Wildman–Crippen LogP) is 6.60. The van der Waals surface area contributed by atoms with Crippen molar-refractivity contribution in [1.29, 1.82) is 0 Å². The molecule has 1 saturated heterocycles. The van der Waals surface area contributed by atoms with Crippen LogP contribution >= 0.6 is 0 Å². The summed E-state index contributed by atoms with van der Waals surface area (Å²) in [5.74, 6) is -0.978. The highest BCUT2D eigenvalue weighted by molar-refractivity contribution is 5.85. The van der Waals surface area contributed by atoms with Crippen LogP contribution < -0.4 is 10.9 Å². The van der Waals surface area contributed by atoms with Gasteiger partial charge in [-0.15, -0.1) is 0 Å². The summed E-state index contributed by atoms with van der Waals surface area (Å²) < 4.78 is 11.9. The number of fused-ring (bicyclic) bond motifs is 3. The number of hydrogen-bond donors (Lipinski definition) is 5. The van der Waals surface area contributed by atoms with E-state index in [9.17, 15) is 24.9 Å². The zero-order valence-electron chi connectivity index (χ0n) is 33.0. The molecule has 2 bridgehead atoms. The molecule has 1 aromatic rings. The molecule has 296 valence electrons. The number of nitrogens with one attached hydrogen (secondary N) is 2. The molecule has 11 atom stereocenters. The van der Waals surface area contributed by atoms with E-state index in [0.717, 1.165) is 37.7 Å². The van der Waals surface area contributed by atoms with E-state index in [2.05, 4.69) is 49.0 Å². The number of ether oxygens (including phenoxy) is 2. The van der Waals surface area contributed by atoms with E-state index >= 15 is 0 Å². The van der Waals surface area contributed by atoms with Crippen LogP contribution in [0.2, 0.25) is 0 Å². The largest absolute Gasteiger partial charge is 0.458 e. The molecule has 7 aliphatic rings. The van der Waals surface area contributed by atoms with Crippen molar-refractivity contribution in [1.82, 2.24) is 10.9 Å². The van der Waals surface area contributed by atoms with Crippen molar-refractivity contribution in [3.8, 4) is 0 Å². The third kappa shape index (κ3) is 5.72. The number of cyclic esters (lactones) is 1. The highest BCUT2D eigenvalue weighted by atomic mass is 16.6. The molecule has 2 aliphatic heterocycles. The van der Waals surface area contributed by atoms with Gasteiger partial charge in [0.2, 0.25) is 0 Å². The Morgan fingerprint density at radius 3 is 2.48 bits per heavy atom. The fourth-order valence-corrected chi connectivity index (χ4v) is 14.1. The number of carbonyl (C=O) groups excluding carboxylic acids is 2. The third-order valence-corrected chi connectivity index (χ3v) is 16.4. The van der Waals surface area contributed by atoms with Crippen molar-refractivity contribution in [2.24, 2.45) is 39.4 Å². The molecular formula is C45H64N2O7. The second kappa shape index (κ2) is 13.5. The van der Waals surface area contributed by atoms with Crippen molar-refractivity contribution < 1.29 is 34.4 Å². The molecular weight excluding hydrogens is 681 g/mol. The Balaban J connectivity index is 1.24. The van der Waals surface area contributed by atoms with E-state index in [1.54, 1.807) is 0 Å². The van der Waals surface area contributed by atoms with E-state index in [0.29, 0.717) is 38.0 Å². The maximum Gasteiger partial charge on any atom is 0.331 e. The summed E-state index contributed by atoms with van der Waals surface area (Å²) in [6.45, 7) is 8.19. The van der Waals surface area contributed by atoms with Crippen LogP contribution in [0.25, 0.3) is 0 Å². The summed E-state index contributed by atoms with van der Waals surface area (Å²) in [4.78, 5) is 25.6. The van der Waals surface area contributed by atoms with Crippen LogP contribution in [0.15, 0.2) is 54.1 Å². The van der Waals surface area contributed by atoms with Gasteiger partial charge >= 0.3 is 11.9 Å². The first-order chi connectivity index (χ1) is 25.6. The molecule has 0 unspecified atom stereocenters. The fraction of sp³-hybridized carbons (Fsp3) is 0.733. The van der Waals surface area contributed by atoms with Crippen molar-refractivity contribution in [2.45, 2.75) is 160 Å². The van der Waals surface area contributed by atoms with Crippen LogP contribution in [-0.2, 0) is 25.5 Å². The van der Waals surface area contributed by atoms with Gasteiger partial charge in [0.25, 0.3) is 0 Å². The Kier molecular flexibility index (Phi) is 9.61. The van der Waals surface area contributed by atoms with E-state index in [4.69, 9.17) is 9.47 Å². The monoisotopic (exact) mass is 744 g/mol. The molecule has 5 aliphatic carbocycles. The number of hydrazine groups is 1. The summed E-state index contributed by atoms with van der Waals surface area (Å²) in [5.41, 5.74) is 2.18. The molecule has 9 heteroatoms. The minimum atomic E-state index is -1.63. The summed E-state index contributed by atoms with van der Waals surface area (Å²) in [6.07, 6.45) is 17.3. The Labute approximate surface area is 321 Å². The van der Waals surface area contributed by atoms with Gasteiger partial charge in [0.1, 0.15) is 6.61 Å². The van der Waals surface area contributed by atoms with Gasteiger partial charge in [-0.25, -0.2) is 10.2 Å². The van der Waals surface area contributed by atoms with Crippen LogP contribution in [-0.4, -0.2) is 62.9 Å². The molecule has 4 saturated carbocycles. The number of carbonyl (C=O) groups is 2. The summed E-state index contributed by atoms with van der Waals surface area (Å²) >= 11 is 0. The van der Waals surface area contributed by atoms with Gasteiger partial charge in [0, 0.05) is 36.8 Å². The molecule has 2 spiro atoms. The number of aliphatic hydroxyl groups is 3. The number of aryl methyl sites for hydroxylation is 1. The summed E-state index contributed by atoms with van der Waals surface area (Å²) in [5, 5.41) is 40.7. The van der Waals surface area contributed by atoms with Crippen molar-refractivity contribution in [2.75, 3.05) is 6.61 Å². The number of rotatable bonds is 11. The summed E-state index contributed by atoms with van der Waals surface area (Å²) in [7, 11) is 0. The van der Waals surface area contributed by atoms with Crippen LogP contribution in [0.4, 0.5) is 0 Å². The molecule has 0 radical (unpaired) electrons. The average Bonchev–Trinajstić information content (AvgIpc) is 3.86. The SMILES string of the molecule is CC(=O)O[C@@]12C[C@]3(C)C=C[C@@](O)(CC[C@H](C)CCCc4ccccc4)[C@@]4([C@H](O)CC[C@@](C)([C@H]5CC6(CCCC6)C[C@H]5NN1)[C@@H]42)[C@@]3(O)CCC1=CC(=O)OC1. The quantitative estimate of drug-likeness (QED) is 0.125. The molecule has 0 aromatic heterocycles. The number of aliphatic hydroxyl groups excluding tert-OH is 1. The van der Waals surface area contributed by atoms with E-state index in [1.165, 1.54) is 44.2 Å². The van der Waals surface area contributed by atoms with Crippen LogP contribution in [0.3, 0.4) is 0 Å². The number of hydrogen-bond acceptors (Lipinski definition) is 9. The Morgan fingerprint density at radius 2 is 1.78 bits per heavy atom. The van der Waals surface area contributed by atoms with Gasteiger partial charge < -0.3 is 24.8 Å². The number of benzene rings is 1. The molecule has 2 heterocycles. The molecule has 0 amide bonds. The van der Waals surface area contributed by atoms with Crippen LogP contribution in [0.1, 0.15) is 130 Å². The standard InChI is InChI=1S/C45H64N2O7/c1-30(11-10-14-32-12-6-5-7-13-32)15-21-42(51)24-23-39(3)29-43(54-31(2)48)38-40(4,34-26-41(18-8-9-19-41)27-35(34)46-47-43)20-17-36(49)45(38,42)44(39,52)22-16-33-25-37(50)53-28-33/h5-7,12-13,23-25,30,34-36,38,46-47,49,51-52H,8-11,14-22,26-29H2,1-4H3/t30-,34+,35-,36-,38-,39+,40+,42+,43-,44-,45+/m1/s1. The zero-order valence-corrected chi connectivity index (χ0v) is 33.0. The van der Waals surface area contributed by atoms with Crippen molar-refractivity contribution in [3.05, 3.63) is 59.7 Å². The number of esters is 2. The minimum Gasteiger partial charge on any atom is -0.458 e. The van der Waals surface area contributed by atoms with Gasteiger partial charge in [0.05, 0.1) is 22.7 Å². The second-order valence-electron chi connectivity index (χ2n) is 19.6. The van der Waals surface area contributed by atoms with Gasteiger partial charge in [-0.05, 0) is 111 Å². The second-order valence-corrected chi connectivity index (χ2v) is 19.6. The first-order valence-electron chi connectivity index (χ1n) is 21.1. The average molecular weight is 745 g/mol. The lowest BCUT2D eigenvalue weighted by Crippen LogP contribution is -2.87. The minimum absolute atomic E-state index is 0.122. The maximum absolute atomic E-state index is 14.0. The van der Waals surface area contributed by atoms with Crippen LogP contribution in [0.5, 0.6) is 0 Å². The van der Waals surface area contributed by atoms with Crippen LogP contribution in [0, 0.1) is 39.4 Å². The van der Waals surface area contributed by atoms with Gasteiger partial charge in [-0.1, -0.05) is 82.5 Å². The van der Waals surface area contributed by atoms with Crippen molar-refractivity contribution in [3.63, 3.8) is 0 Å². The van der Waals surface area contributed by atoms with Gasteiger partial charge in [0.15, 0.2) is 5.72 Å². The lowest BCUT2D eigenvalue weighted by molar-refractivity contribution is -0.383. The first kappa shape index (κ1) is 38.3. The Hall–Kier alpha value is -2.56. The smallest absolute Gasteiger partial charge is 0.331 e. The Bertz CT molecular complexity index is 1670. The van der Waals surface area contributed by atoms with Crippen molar-refractivity contribution >= 4 is 11.9 Å². The molecule has 5 N–H and O–H groups in total. The third-order valence-electron chi connectivity index (χ3n) is 16.4. The van der Waals surface area contributed by atoms with Gasteiger partial charge in [-0.2, -0.15) is 0 Å². The lowest BCUT2D eigenvalue weighted by Gasteiger charge is -2.77. The topological polar surface area (TPSA) is 137 Å². The molecule has 9 nitrogen and oxygen atoms in total.